The van der Waals surface area contributed by atoms with Crippen LogP contribution in [0, 0.1) is 5.82 Å². The van der Waals surface area contributed by atoms with Crippen molar-refractivity contribution in [2.45, 2.75) is 0 Å². The molecule has 2 heterocycles. The summed E-state index contributed by atoms with van der Waals surface area (Å²) in [4.78, 5) is 26.3. The summed E-state index contributed by atoms with van der Waals surface area (Å²) in [5.74, 6) is -1.45. The highest BCUT2D eigenvalue weighted by atomic mass is 19.1. The van der Waals surface area contributed by atoms with Crippen LogP contribution in [0.4, 0.5) is 4.39 Å². The lowest BCUT2D eigenvalue weighted by atomic mass is 10.1. The lowest BCUT2D eigenvalue weighted by Crippen LogP contribution is -2.20. The number of benzene rings is 3. The Kier molecular flexibility index (Phi) is 4.82. The Balaban J connectivity index is 1.88. The smallest absolute Gasteiger partial charge is 0.383 e. The molecule has 0 fully saturated rings. The van der Waals surface area contributed by atoms with Gasteiger partial charge in [0, 0.05) is 23.2 Å². The third-order valence-corrected chi connectivity index (χ3v) is 5.20. The highest BCUT2D eigenvalue weighted by molar-refractivity contribution is 6.05. The maximum absolute atomic E-state index is 13.6. The van der Waals surface area contributed by atoms with Gasteiger partial charge >= 0.3 is 5.63 Å². The van der Waals surface area contributed by atoms with Crippen LogP contribution in [0.2, 0.25) is 0 Å². The van der Waals surface area contributed by atoms with Crippen molar-refractivity contribution in [2.24, 2.45) is 0 Å². The molecule has 0 aliphatic rings. The fourth-order valence-corrected chi connectivity index (χ4v) is 3.70. The summed E-state index contributed by atoms with van der Waals surface area (Å²) in [7, 11) is 1.50. The van der Waals surface area contributed by atoms with Crippen LogP contribution in [-0.2, 0) is 0 Å². The number of aromatic hydroxyl groups is 1. The third kappa shape index (κ3) is 3.38. The van der Waals surface area contributed by atoms with E-state index in [0.29, 0.717) is 22.3 Å². The van der Waals surface area contributed by atoms with Gasteiger partial charge in [0.2, 0.25) is 0 Å². The molecule has 0 spiro atoms. The van der Waals surface area contributed by atoms with Crippen LogP contribution in [0.1, 0.15) is 0 Å². The van der Waals surface area contributed by atoms with Gasteiger partial charge in [-0.1, -0.05) is 24.3 Å². The average Bonchev–Trinajstić information content (AvgIpc) is 2.82. The molecule has 2 aromatic heterocycles. The monoisotopic (exact) mass is 445 g/mol. The second kappa shape index (κ2) is 7.83. The zero-order valence-electron chi connectivity index (χ0n) is 17.2. The second-order valence-electron chi connectivity index (χ2n) is 7.19. The van der Waals surface area contributed by atoms with Gasteiger partial charge in [-0.3, -0.25) is 9.36 Å². The number of rotatable bonds is 4. The number of fused-ring (bicyclic) bond motifs is 3. The zero-order chi connectivity index (χ0) is 23.1. The number of nitrogens with zero attached hydrogens (tertiary/aromatic N) is 1. The lowest BCUT2D eigenvalue weighted by molar-refractivity contribution is 0.385. The van der Waals surface area contributed by atoms with Gasteiger partial charge in [0.05, 0.1) is 12.6 Å². The largest absolute Gasteiger partial charge is 0.503 e. The van der Waals surface area contributed by atoms with E-state index in [-0.39, 0.29) is 16.7 Å². The van der Waals surface area contributed by atoms with E-state index in [2.05, 4.69) is 0 Å². The van der Waals surface area contributed by atoms with E-state index >= 15 is 0 Å². The van der Waals surface area contributed by atoms with E-state index in [4.69, 9.17) is 13.9 Å². The SMILES string of the molecule is COc1ccc2c3oc(=O)c(Oc4cccc(F)c4)c(O)c3c(=O)n(-c3ccccc3)c2c1. The average molecular weight is 445 g/mol. The van der Waals surface area contributed by atoms with Crippen molar-refractivity contribution in [1.29, 1.82) is 0 Å². The van der Waals surface area contributed by atoms with E-state index in [9.17, 15) is 19.1 Å². The number of pyridine rings is 1. The van der Waals surface area contributed by atoms with E-state index in [1.807, 2.05) is 0 Å². The van der Waals surface area contributed by atoms with Crippen molar-refractivity contribution in [2.75, 3.05) is 7.11 Å². The number of halogens is 1. The van der Waals surface area contributed by atoms with Crippen molar-refractivity contribution in [3.05, 3.63) is 99.4 Å². The quantitative estimate of drug-likeness (QED) is 0.402. The van der Waals surface area contributed by atoms with Crippen molar-refractivity contribution in [3.63, 3.8) is 0 Å². The van der Waals surface area contributed by atoms with Gasteiger partial charge in [-0.25, -0.2) is 9.18 Å². The number of para-hydroxylation sites is 1. The van der Waals surface area contributed by atoms with Gasteiger partial charge in [0.1, 0.15) is 22.7 Å². The summed E-state index contributed by atoms with van der Waals surface area (Å²) in [6.07, 6.45) is 0. The molecular formula is C25H16FNO6. The molecule has 0 saturated heterocycles. The van der Waals surface area contributed by atoms with Crippen LogP contribution >= 0.6 is 0 Å². The van der Waals surface area contributed by atoms with Crippen LogP contribution in [0.5, 0.6) is 23.0 Å². The molecule has 0 aliphatic heterocycles. The first-order valence-corrected chi connectivity index (χ1v) is 9.89. The van der Waals surface area contributed by atoms with Gasteiger partial charge in [0.15, 0.2) is 11.3 Å². The first kappa shape index (κ1) is 20.3. The number of ether oxygens (including phenoxy) is 2. The number of aromatic nitrogens is 1. The molecule has 0 atom stereocenters. The first-order chi connectivity index (χ1) is 16.0. The molecule has 5 aromatic rings. The number of hydrogen-bond donors (Lipinski definition) is 1. The Hall–Kier alpha value is -4.59. The molecular weight excluding hydrogens is 429 g/mol. The molecule has 0 saturated carbocycles. The van der Waals surface area contributed by atoms with E-state index in [1.165, 1.54) is 29.9 Å². The van der Waals surface area contributed by atoms with Crippen LogP contribution in [-0.4, -0.2) is 16.8 Å². The minimum absolute atomic E-state index is 0.0362. The van der Waals surface area contributed by atoms with Crippen molar-refractivity contribution in [3.8, 4) is 28.7 Å². The highest BCUT2D eigenvalue weighted by Crippen LogP contribution is 2.36. The molecule has 3 aromatic carbocycles. The topological polar surface area (TPSA) is 90.9 Å². The minimum atomic E-state index is -1.02. The Bertz CT molecular complexity index is 1640. The molecule has 164 valence electrons. The molecule has 0 unspecified atom stereocenters. The molecule has 0 bridgehead atoms. The van der Waals surface area contributed by atoms with Gasteiger partial charge in [-0.2, -0.15) is 0 Å². The summed E-state index contributed by atoms with van der Waals surface area (Å²) in [5, 5.41) is 11.1. The molecule has 1 N–H and O–H groups in total. The number of hydrogen-bond acceptors (Lipinski definition) is 6. The molecule has 0 radical (unpaired) electrons. The molecule has 0 amide bonds. The van der Waals surface area contributed by atoms with Gasteiger partial charge in [0.25, 0.3) is 11.3 Å². The van der Waals surface area contributed by atoms with E-state index in [1.54, 1.807) is 48.5 Å². The maximum atomic E-state index is 13.6. The highest BCUT2D eigenvalue weighted by Gasteiger charge is 2.24. The van der Waals surface area contributed by atoms with E-state index in [0.717, 1.165) is 6.07 Å². The zero-order valence-corrected chi connectivity index (χ0v) is 17.2. The van der Waals surface area contributed by atoms with Crippen LogP contribution in [0.25, 0.3) is 27.6 Å². The fourth-order valence-electron chi connectivity index (χ4n) is 3.70. The standard InChI is InChI=1S/C25H16FNO6/c1-31-16-10-11-18-19(13-16)27(15-7-3-2-4-8-15)24(29)20-21(28)23(25(30)33-22(18)20)32-17-9-5-6-14(26)12-17/h2-13,28H,1H3. The summed E-state index contributed by atoms with van der Waals surface area (Å²) < 4.78 is 31.1. The van der Waals surface area contributed by atoms with Crippen molar-refractivity contribution < 1.29 is 23.4 Å². The summed E-state index contributed by atoms with van der Waals surface area (Å²) in [5.41, 5.74) is -0.806. The predicted octanol–water partition coefficient (Wildman–Crippen LogP) is 4.74. The van der Waals surface area contributed by atoms with E-state index < -0.39 is 28.5 Å². The molecule has 0 aliphatic carbocycles. The second-order valence-corrected chi connectivity index (χ2v) is 7.19. The fraction of sp³-hybridized carbons (Fsp3) is 0.0400. The van der Waals surface area contributed by atoms with Crippen LogP contribution in [0.3, 0.4) is 0 Å². The van der Waals surface area contributed by atoms with Crippen LogP contribution in [0.15, 0.2) is 86.8 Å². The summed E-state index contributed by atoms with van der Waals surface area (Å²) in [6.45, 7) is 0. The summed E-state index contributed by atoms with van der Waals surface area (Å²) >= 11 is 0. The predicted molar refractivity (Wildman–Crippen MR) is 120 cm³/mol. The molecule has 5 rings (SSSR count). The molecule has 8 heteroatoms. The Morgan fingerprint density at radius 2 is 1.73 bits per heavy atom. The normalized spacial score (nSPS) is 11.1. The Labute approximate surface area is 185 Å². The van der Waals surface area contributed by atoms with Crippen molar-refractivity contribution in [1.82, 2.24) is 4.57 Å². The summed E-state index contributed by atoms with van der Waals surface area (Å²) in [6, 6.07) is 18.7. The first-order valence-electron chi connectivity index (χ1n) is 9.89. The van der Waals surface area contributed by atoms with Gasteiger partial charge < -0.3 is 19.0 Å². The third-order valence-electron chi connectivity index (χ3n) is 5.20. The maximum Gasteiger partial charge on any atom is 0.383 e. The van der Waals surface area contributed by atoms with Gasteiger partial charge in [-0.05, 0) is 36.4 Å². The van der Waals surface area contributed by atoms with Gasteiger partial charge in [-0.15, -0.1) is 0 Å². The number of methoxy groups -OCH3 is 1. The molecule has 7 nitrogen and oxygen atoms in total. The minimum Gasteiger partial charge on any atom is -0.503 e. The van der Waals surface area contributed by atoms with Crippen molar-refractivity contribution >= 4 is 21.9 Å². The Morgan fingerprint density at radius 3 is 2.45 bits per heavy atom. The Morgan fingerprint density at radius 1 is 0.939 bits per heavy atom. The van der Waals surface area contributed by atoms with Crippen LogP contribution < -0.4 is 20.7 Å². The molecule has 33 heavy (non-hydrogen) atoms. The lowest BCUT2D eigenvalue weighted by Gasteiger charge is -2.15.